The molecule has 0 radical (unpaired) electrons. The molecule has 1 aromatic carbocycles. The van der Waals surface area contributed by atoms with Crippen molar-refractivity contribution >= 4 is 28.7 Å². The van der Waals surface area contributed by atoms with E-state index in [9.17, 15) is 9.59 Å². The molecule has 0 aliphatic carbocycles. The summed E-state index contributed by atoms with van der Waals surface area (Å²) in [4.78, 5) is 32.0. The Balaban J connectivity index is 1.63. The summed E-state index contributed by atoms with van der Waals surface area (Å²) in [5.41, 5.74) is 0.774. The van der Waals surface area contributed by atoms with Gasteiger partial charge >= 0.3 is 5.69 Å². The number of morpholine rings is 1. The van der Waals surface area contributed by atoms with Crippen molar-refractivity contribution in [2.45, 2.75) is 6.54 Å². The number of rotatable bonds is 6. The van der Waals surface area contributed by atoms with Gasteiger partial charge in [-0.15, -0.1) is 0 Å². The molecule has 3 heterocycles. The van der Waals surface area contributed by atoms with Gasteiger partial charge in [0.1, 0.15) is 13.1 Å². The number of hydrogen-bond acceptors (Lipinski definition) is 5. The maximum absolute atomic E-state index is 13.2. The van der Waals surface area contributed by atoms with Crippen molar-refractivity contribution in [3.63, 3.8) is 0 Å². The lowest BCUT2D eigenvalue weighted by molar-refractivity contribution is -0.906. The Labute approximate surface area is 178 Å². The molecule has 9 nitrogen and oxygen atoms in total. The van der Waals surface area contributed by atoms with Gasteiger partial charge in [-0.3, -0.25) is 13.9 Å². The predicted octanol–water partition coefficient (Wildman–Crippen LogP) is -0.538. The number of halogens is 1. The second-order valence-corrected chi connectivity index (χ2v) is 8.01. The topological polar surface area (TPSA) is 87.5 Å². The minimum Gasteiger partial charge on any atom is -0.370 e. The second kappa shape index (κ2) is 8.63. The van der Waals surface area contributed by atoms with Crippen molar-refractivity contribution in [2.24, 2.45) is 14.1 Å². The summed E-state index contributed by atoms with van der Waals surface area (Å²) < 4.78 is 9.75. The second-order valence-electron chi connectivity index (χ2n) is 7.57. The first-order valence-corrected chi connectivity index (χ1v) is 10.4. The fraction of sp³-hybridized carbons (Fsp3) is 0.450. The average molecular weight is 434 g/mol. The van der Waals surface area contributed by atoms with E-state index in [2.05, 4.69) is 10.3 Å². The van der Waals surface area contributed by atoms with Crippen LogP contribution in [0.5, 0.6) is 0 Å². The highest BCUT2D eigenvalue weighted by molar-refractivity contribution is 6.30. The first-order valence-electron chi connectivity index (χ1n) is 10.0. The molecule has 0 saturated carbocycles. The van der Waals surface area contributed by atoms with Crippen LogP contribution in [-0.2, 0) is 25.4 Å². The number of fused-ring (bicyclic) bond motifs is 1. The molecule has 10 heteroatoms. The minimum absolute atomic E-state index is 0.149. The molecule has 1 aliphatic heterocycles. The van der Waals surface area contributed by atoms with Crippen LogP contribution in [0.3, 0.4) is 0 Å². The number of aryl methyl sites for hydroxylation is 2. The van der Waals surface area contributed by atoms with Gasteiger partial charge in [-0.05, 0) is 17.7 Å². The Morgan fingerprint density at radius 3 is 2.70 bits per heavy atom. The fourth-order valence-corrected chi connectivity index (χ4v) is 4.03. The predicted molar refractivity (Wildman–Crippen MR) is 116 cm³/mol. The molecule has 160 valence electrons. The van der Waals surface area contributed by atoms with Gasteiger partial charge in [0, 0.05) is 19.1 Å². The van der Waals surface area contributed by atoms with Crippen LogP contribution >= 0.6 is 11.6 Å². The highest BCUT2D eigenvalue weighted by Crippen LogP contribution is 2.14. The van der Waals surface area contributed by atoms with E-state index in [-0.39, 0.29) is 12.1 Å². The van der Waals surface area contributed by atoms with Crippen LogP contribution in [0.1, 0.15) is 5.56 Å². The maximum Gasteiger partial charge on any atom is 0.332 e. The van der Waals surface area contributed by atoms with Crippen LogP contribution in [0.4, 0.5) is 5.95 Å². The van der Waals surface area contributed by atoms with Crippen molar-refractivity contribution in [3.8, 4) is 0 Å². The van der Waals surface area contributed by atoms with E-state index in [1.165, 1.54) is 14.0 Å². The Kier molecular flexibility index (Phi) is 5.94. The van der Waals surface area contributed by atoms with E-state index < -0.39 is 5.69 Å². The molecule has 0 spiro atoms. The molecular formula is C20H26ClN6O3+. The Morgan fingerprint density at radius 1 is 1.20 bits per heavy atom. The van der Waals surface area contributed by atoms with Gasteiger partial charge in [0.15, 0.2) is 11.2 Å². The number of anilines is 1. The smallest absolute Gasteiger partial charge is 0.332 e. The third kappa shape index (κ3) is 4.00. The zero-order valence-corrected chi connectivity index (χ0v) is 17.9. The quantitative estimate of drug-likeness (QED) is 0.545. The van der Waals surface area contributed by atoms with E-state index in [4.69, 9.17) is 16.3 Å². The van der Waals surface area contributed by atoms with Crippen molar-refractivity contribution in [1.82, 2.24) is 18.7 Å². The number of hydrogen-bond donors (Lipinski definition) is 2. The fourth-order valence-electron chi connectivity index (χ4n) is 3.82. The van der Waals surface area contributed by atoms with Gasteiger partial charge in [-0.2, -0.15) is 4.98 Å². The zero-order valence-electron chi connectivity index (χ0n) is 17.2. The number of aromatic nitrogens is 4. The lowest BCUT2D eigenvalue weighted by atomic mass is 10.2. The number of imidazole rings is 1. The zero-order chi connectivity index (χ0) is 21.3. The van der Waals surface area contributed by atoms with Crippen LogP contribution in [0.2, 0.25) is 5.02 Å². The summed E-state index contributed by atoms with van der Waals surface area (Å²) in [5, 5.41) is 3.87. The molecule has 1 saturated heterocycles. The van der Waals surface area contributed by atoms with Crippen LogP contribution in [0.25, 0.3) is 11.2 Å². The molecule has 4 rings (SSSR count). The van der Waals surface area contributed by atoms with E-state index in [0.717, 1.165) is 45.0 Å². The molecule has 0 amide bonds. The maximum atomic E-state index is 13.2. The average Bonchev–Trinajstić information content (AvgIpc) is 3.07. The number of nitrogens with zero attached hydrogens (tertiary/aromatic N) is 4. The van der Waals surface area contributed by atoms with Gasteiger partial charge in [0.2, 0.25) is 5.95 Å². The number of ether oxygens (including phenoxy) is 1. The number of benzene rings is 1. The van der Waals surface area contributed by atoms with Gasteiger partial charge in [-0.1, -0.05) is 23.7 Å². The molecule has 0 unspecified atom stereocenters. The van der Waals surface area contributed by atoms with Crippen molar-refractivity contribution in [2.75, 3.05) is 44.7 Å². The SMILES string of the molecule is Cn1c(NCC[NH+]2CCOCC2)nc2c1c(=O)n(Cc1cccc(Cl)c1)c(=O)n2C. The van der Waals surface area contributed by atoms with Crippen LogP contribution < -0.4 is 21.5 Å². The third-order valence-electron chi connectivity index (χ3n) is 5.55. The summed E-state index contributed by atoms with van der Waals surface area (Å²) in [5.74, 6) is 0.574. The van der Waals surface area contributed by atoms with Crippen LogP contribution in [0.15, 0.2) is 33.9 Å². The Morgan fingerprint density at radius 2 is 1.97 bits per heavy atom. The molecule has 30 heavy (non-hydrogen) atoms. The molecule has 3 aromatic rings. The summed E-state index contributed by atoms with van der Waals surface area (Å²) in [6.07, 6.45) is 0. The molecule has 1 fully saturated rings. The summed E-state index contributed by atoms with van der Waals surface area (Å²) in [7, 11) is 3.42. The summed E-state index contributed by atoms with van der Waals surface area (Å²) in [6, 6.07) is 7.15. The van der Waals surface area contributed by atoms with Crippen LogP contribution in [0, 0.1) is 0 Å². The highest BCUT2D eigenvalue weighted by atomic mass is 35.5. The van der Waals surface area contributed by atoms with E-state index >= 15 is 0 Å². The number of quaternary nitrogens is 1. The van der Waals surface area contributed by atoms with E-state index in [1.807, 2.05) is 6.07 Å². The van der Waals surface area contributed by atoms with Crippen molar-refractivity contribution < 1.29 is 9.64 Å². The minimum atomic E-state index is -0.408. The first-order chi connectivity index (χ1) is 14.5. The molecule has 1 aliphatic rings. The molecule has 0 bridgehead atoms. The monoisotopic (exact) mass is 433 g/mol. The summed E-state index contributed by atoms with van der Waals surface area (Å²) in [6.45, 7) is 5.36. The van der Waals surface area contributed by atoms with E-state index in [0.29, 0.717) is 22.1 Å². The van der Waals surface area contributed by atoms with E-state index in [1.54, 1.807) is 36.9 Å². The molecule has 0 atom stereocenters. The van der Waals surface area contributed by atoms with Crippen LogP contribution in [-0.4, -0.2) is 58.1 Å². The van der Waals surface area contributed by atoms with Gasteiger partial charge < -0.3 is 19.5 Å². The lowest BCUT2D eigenvalue weighted by Crippen LogP contribution is -3.14. The number of nitrogens with one attached hydrogen (secondary N) is 2. The first kappa shape index (κ1) is 20.6. The largest absolute Gasteiger partial charge is 0.370 e. The molecule has 2 aromatic heterocycles. The van der Waals surface area contributed by atoms with Gasteiger partial charge in [-0.25, -0.2) is 4.79 Å². The Hall–Kier alpha value is -2.62. The summed E-state index contributed by atoms with van der Waals surface area (Å²) >= 11 is 6.05. The standard InChI is InChI=1S/C20H25ClN6O3/c1-24-16-17(23-19(24)22-6-7-26-8-10-30-11-9-26)25(2)20(29)27(18(16)28)13-14-4-3-5-15(21)12-14/h3-5,12H,6-11,13H2,1-2H3,(H,22,23)/p+1. The molecule has 2 N–H and O–H groups in total. The lowest BCUT2D eigenvalue weighted by Gasteiger charge is -2.23. The van der Waals surface area contributed by atoms with Crippen molar-refractivity contribution in [3.05, 3.63) is 55.7 Å². The van der Waals surface area contributed by atoms with Gasteiger partial charge in [0.05, 0.1) is 32.8 Å². The molecular weight excluding hydrogens is 408 g/mol. The third-order valence-corrected chi connectivity index (χ3v) is 5.79. The van der Waals surface area contributed by atoms with Gasteiger partial charge in [0.25, 0.3) is 5.56 Å². The van der Waals surface area contributed by atoms with Crippen molar-refractivity contribution in [1.29, 1.82) is 0 Å². The Bertz CT molecular complexity index is 1180. The normalized spacial score (nSPS) is 15.0. The highest BCUT2D eigenvalue weighted by Gasteiger charge is 2.19.